The molecule has 0 N–H and O–H groups in total. The molecule has 1 fully saturated rings. The Labute approximate surface area is 124 Å². The Morgan fingerprint density at radius 2 is 1.90 bits per heavy atom. The van der Waals surface area contributed by atoms with Gasteiger partial charge in [-0.2, -0.15) is 10.5 Å². The minimum Gasteiger partial charge on any atom is -0.296 e. The molecule has 0 spiro atoms. The molecule has 1 aliphatic rings. The fraction of sp³-hybridized carbons (Fsp3) is 0.824. The van der Waals surface area contributed by atoms with E-state index in [2.05, 4.69) is 37.7 Å². The predicted molar refractivity (Wildman–Crippen MR) is 84.4 cm³/mol. The lowest BCUT2D eigenvalue weighted by Gasteiger charge is -2.22. The Hall–Kier alpha value is -1.35. The Morgan fingerprint density at radius 1 is 1.25 bits per heavy atom. The van der Waals surface area contributed by atoms with Crippen LogP contribution in [0.4, 0.5) is 0 Å². The molecule has 3 nitrogen and oxygen atoms in total. The van der Waals surface area contributed by atoms with Crippen molar-refractivity contribution < 1.29 is 0 Å². The van der Waals surface area contributed by atoms with E-state index in [1.165, 1.54) is 19.3 Å². The Morgan fingerprint density at radius 3 is 2.25 bits per heavy atom. The quantitative estimate of drug-likeness (QED) is 0.680. The van der Waals surface area contributed by atoms with Gasteiger partial charge in [0, 0.05) is 5.92 Å². The molecule has 3 heteroatoms. The van der Waals surface area contributed by atoms with Crippen LogP contribution in [0.2, 0.25) is 0 Å². The maximum Gasteiger partial charge on any atom is 0.0684 e. The van der Waals surface area contributed by atoms with E-state index in [-0.39, 0.29) is 12.0 Å². The second kappa shape index (κ2) is 11.5. The molecule has 1 saturated carbocycles. The zero-order valence-electron chi connectivity index (χ0n) is 13.3. The molecule has 0 aromatic carbocycles. The van der Waals surface area contributed by atoms with E-state index in [1.54, 1.807) is 0 Å². The summed E-state index contributed by atoms with van der Waals surface area (Å²) < 4.78 is 0. The largest absolute Gasteiger partial charge is 0.296 e. The molecule has 0 aliphatic heterocycles. The average molecular weight is 275 g/mol. The Bertz CT molecular complexity index is 337. The van der Waals surface area contributed by atoms with Crippen LogP contribution in [0, 0.1) is 40.4 Å². The lowest BCUT2D eigenvalue weighted by molar-refractivity contribution is 0.313. The van der Waals surface area contributed by atoms with E-state index in [9.17, 15) is 0 Å². The van der Waals surface area contributed by atoms with Gasteiger partial charge in [-0.3, -0.25) is 4.99 Å². The smallest absolute Gasteiger partial charge is 0.0684 e. The second-order valence-corrected chi connectivity index (χ2v) is 5.68. The number of hydrogen-bond donors (Lipinski definition) is 0. The minimum absolute atomic E-state index is 0.0625. The van der Waals surface area contributed by atoms with Crippen LogP contribution in [0.25, 0.3) is 0 Å². The number of rotatable bonds is 5. The summed E-state index contributed by atoms with van der Waals surface area (Å²) in [6.45, 7) is 9.80. The lowest BCUT2D eigenvalue weighted by Crippen LogP contribution is -2.15. The molecule has 0 saturated heterocycles. The summed E-state index contributed by atoms with van der Waals surface area (Å²) in [5, 5.41) is 17.3. The molecule has 1 rings (SSSR count). The third-order valence-electron chi connectivity index (χ3n) is 4.17. The lowest BCUT2D eigenvalue weighted by atomic mass is 9.81. The summed E-state index contributed by atoms with van der Waals surface area (Å²) in [5.41, 5.74) is 0. The SMILES string of the molecule is C=NC(CCC)C(C#N)CC.CC1CCCCC1C#N. The van der Waals surface area contributed by atoms with Crippen LogP contribution in [0.15, 0.2) is 4.99 Å². The first-order chi connectivity index (χ1) is 9.64. The minimum atomic E-state index is 0.0625. The topological polar surface area (TPSA) is 59.9 Å². The van der Waals surface area contributed by atoms with Gasteiger partial charge in [0.2, 0.25) is 0 Å². The highest BCUT2D eigenvalue weighted by Crippen LogP contribution is 2.28. The van der Waals surface area contributed by atoms with Crippen molar-refractivity contribution in [1.29, 1.82) is 10.5 Å². The van der Waals surface area contributed by atoms with E-state index in [4.69, 9.17) is 10.5 Å². The van der Waals surface area contributed by atoms with Crippen molar-refractivity contribution in [2.75, 3.05) is 0 Å². The molecule has 112 valence electrons. The first-order valence-corrected chi connectivity index (χ1v) is 7.89. The summed E-state index contributed by atoms with van der Waals surface area (Å²) >= 11 is 0. The normalized spacial score (nSPS) is 24.2. The zero-order chi connectivity index (χ0) is 15.4. The van der Waals surface area contributed by atoms with Crippen LogP contribution in [-0.2, 0) is 0 Å². The van der Waals surface area contributed by atoms with Crippen LogP contribution < -0.4 is 0 Å². The number of hydrogen-bond acceptors (Lipinski definition) is 3. The van der Waals surface area contributed by atoms with Gasteiger partial charge in [0.05, 0.1) is 24.1 Å². The van der Waals surface area contributed by atoms with Gasteiger partial charge >= 0.3 is 0 Å². The van der Waals surface area contributed by atoms with E-state index in [1.807, 2.05) is 6.92 Å². The van der Waals surface area contributed by atoms with Crippen molar-refractivity contribution >= 4 is 6.72 Å². The van der Waals surface area contributed by atoms with Crippen LogP contribution in [0.3, 0.4) is 0 Å². The molecular weight excluding hydrogens is 246 g/mol. The van der Waals surface area contributed by atoms with Crippen molar-refractivity contribution in [2.45, 2.75) is 71.8 Å². The second-order valence-electron chi connectivity index (χ2n) is 5.68. The predicted octanol–water partition coefficient (Wildman–Crippen LogP) is 4.74. The fourth-order valence-electron chi connectivity index (χ4n) is 2.67. The number of aliphatic imine (C=N–C) groups is 1. The molecule has 1 aliphatic carbocycles. The highest BCUT2D eigenvalue weighted by molar-refractivity contribution is 5.24. The standard InChI is InChI=1S/C9H16N2.C8H13N/c1-4-6-9(11-3)8(5-2)7-10;1-7-4-2-3-5-8(7)6-9/h8-9H,3-6H2,1-2H3;7-8H,2-5H2,1H3. The monoisotopic (exact) mass is 275 g/mol. The van der Waals surface area contributed by atoms with Crippen LogP contribution in [-0.4, -0.2) is 12.8 Å². The molecule has 0 amide bonds. The molecule has 4 unspecified atom stereocenters. The fourth-order valence-corrected chi connectivity index (χ4v) is 2.67. The Kier molecular flexibility index (Phi) is 10.7. The van der Waals surface area contributed by atoms with Crippen molar-refractivity contribution in [2.24, 2.45) is 22.7 Å². The Balaban J connectivity index is 0.000000367. The van der Waals surface area contributed by atoms with Crippen LogP contribution in [0.1, 0.15) is 65.7 Å². The first kappa shape index (κ1) is 18.7. The third-order valence-corrected chi connectivity index (χ3v) is 4.17. The van der Waals surface area contributed by atoms with Crippen molar-refractivity contribution in [3.63, 3.8) is 0 Å². The van der Waals surface area contributed by atoms with Crippen molar-refractivity contribution in [3.8, 4) is 12.1 Å². The molecule has 0 aromatic rings. The summed E-state index contributed by atoms with van der Waals surface area (Å²) in [4.78, 5) is 3.95. The maximum absolute atomic E-state index is 8.72. The summed E-state index contributed by atoms with van der Waals surface area (Å²) in [6.07, 6.45) is 7.93. The van der Waals surface area contributed by atoms with Gasteiger partial charge in [0.1, 0.15) is 0 Å². The summed E-state index contributed by atoms with van der Waals surface area (Å²) in [5.74, 6) is 1.08. The van der Waals surface area contributed by atoms with Crippen molar-refractivity contribution in [1.82, 2.24) is 0 Å². The maximum atomic E-state index is 8.72. The van der Waals surface area contributed by atoms with E-state index in [0.717, 1.165) is 25.7 Å². The van der Waals surface area contributed by atoms with Gasteiger partial charge < -0.3 is 0 Å². The summed E-state index contributed by atoms with van der Waals surface area (Å²) in [7, 11) is 0. The molecular formula is C17H29N3. The number of nitrogens with zero attached hydrogens (tertiary/aromatic N) is 3. The molecule has 0 aromatic heterocycles. The highest BCUT2D eigenvalue weighted by Gasteiger charge is 2.19. The van der Waals surface area contributed by atoms with Gasteiger partial charge in [-0.25, -0.2) is 0 Å². The van der Waals surface area contributed by atoms with Gasteiger partial charge in [-0.1, -0.05) is 40.0 Å². The third kappa shape index (κ3) is 6.71. The van der Waals surface area contributed by atoms with E-state index in [0.29, 0.717) is 11.8 Å². The molecule has 0 radical (unpaired) electrons. The highest BCUT2D eigenvalue weighted by atomic mass is 14.8. The zero-order valence-corrected chi connectivity index (χ0v) is 13.3. The molecule has 4 atom stereocenters. The van der Waals surface area contributed by atoms with Gasteiger partial charge in [-0.15, -0.1) is 0 Å². The van der Waals surface area contributed by atoms with Crippen LogP contribution >= 0.6 is 0 Å². The number of nitriles is 2. The van der Waals surface area contributed by atoms with Gasteiger partial charge in [-0.05, 0) is 38.3 Å². The first-order valence-electron chi connectivity index (χ1n) is 7.89. The van der Waals surface area contributed by atoms with E-state index >= 15 is 0 Å². The van der Waals surface area contributed by atoms with Crippen molar-refractivity contribution in [3.05, 3.63) is 0 Å². The van der Waals surface area contributed by atoms with Gasteiger partial charge in [0.25, 0.3) is 0 Å². The molecule has 0 bridgehead atoms. The molecule has 20 heavy (non-hydrogen) atoms. The average Bonchev–Trinajstić information content (AvgIpc) is 2.48. The summed E-state index contributed by atoms with van der Waals surface area (Å²) in [6, 6.07) is 4.76. The van der Waals surface area contributed by atoms with Gasteiger partial charge in [0.15, 0.2) is 0 Å². The van der Waals surface area contributed by atoms with Crippen LogP contribution in [0.5, 0.6) is 0 Å². The van der Waals surface area contributed by atoms with E-state index < -0.39 is 0 Å². The molecule has 0 heterocycles.